The molecule has 4 nitrogen and oxygen atoms in total. The van der Waals surface area contributed by atoms with Crippen molar-refractivity contribution < 1.29 is 0 Å². The summed E-state index contributed by atoms with van der Waals surface area (Å²) in [5, 5.41) is 3.43. The fraction of sp³-hybridized carbons (Fsp3) is 0.733. The maximum absolute atomic E-state index is 4.60. The third kappa shape index (κ3) is 5.55. The normalized spacial score (nSPS) is 11.4. The molecule has 0 unspecified atom stereocenters. The van der Waals surface area contributed by atoms with E-state index >= 15 is 0 Å². The van der Waals surface area contributed by atoms with Crippen LogP contribution in [0.15, 0.2) is 6.20 Å². The number of hydrogen-bond acceptors (Lipinski definition) is 4. The lowest BCUT2D eigenvalue weighted by atomic mass is 10.2. The zero-order chi connectivity index (χ0) is 14.4. The first-order valence-corrected chi connectivity index (χ1v) is 7.14. The molecule has 0 fully saturated rings. The smallest absolute Gasteiger partial charge is 0.225 e. The Morgan fingerprint density at radius 1 is 1.21 bits per heavy atom. The maximum atomic E-state index is 4.60. The predicted octanol–water partition coefficient (Wildman–Crippen LogP) is 2.62. The second-order valence-electron chi connectivity index (χ2n) is 6.08. The number of anilines is 1. The van der Waals surface area contributed by atoms with E-state index < -0.39 is 0 Å². The van der Waals surface area contributed by atoms with Crippen LogP contribution in [-0.4, -0.2) is 30.1 Å². The quantitative estimate of drug-likeness (QED) is 0.822. The highest BCUT2D eigenvalue weighted by Crippen LogP contribution is 2.11. The van der Waals surface area contributed by atoms with Gasteiger partial charge in [-0.3, -0.25) is 0 Å². The van der Waals surface area contributed by atoms with Crippen LogP contribution in [0.1, 0.15) is 39.0 Å². The van der Waals surface area contributed by atoms with Crippen LogP contribution < -0.4 is 10.2 Å². The third-order valence-electron chi connectivity index (χ3n) is 2.92. The molecule has 1 N–H and O–H groups in total. The van der Waals surface area contributed by atoms with Gasteiger partial charge in [0.2, 0.25) is 5.95 Å². The molecule has 19 heavy (non-hydrogen) atoms. The molecule has 0 bridgehead atoms. The second kappa shape index (κ2) is 7.43. The summed E-state index contributed by atoms with van der Waals surface area (Å²) in [6.07, 6.45) is 1.95. The topological polar surface area (TPSA) is 41.1 Å². The number of aryl methyl sites for hydroxylation is 1. The minimum absolute atomic E-state index is 0.612. The van der Waals surface area contributed by atoms with Gasteiger partial charge in [-0.25, -0.2) is 9.97 Å². The number of nitrogens with one attached hydrogen (secondary N) is 1. The fourth-order valence-electron chi connectivity index (χ4n) is 1.96. The van der Waals surface area contributed by atoms with E-state index in [1.807, 2.05) is 13.2 Å². The molecule has 1 rings (SSSR count). The molecule has 0 aromatic carbocycles. The molecule has 0 amide bonds. The Morgan fingerprint density at radius 3 is 2.42 bits per heavy atom. The Balaban J connectivity index is 2.63. The van der Waals surface area contributed by atoms with E-state index in [0.29, 0.717) is 11.8 Å². The molecule has 4 heteroatoms. The number of nitrogens with zero attached hydrogens (tertiary/aromatic N) is 3. The van der Waals surface area contributed by atoms with Crippen LogP contribution in [0, 0.1) is 18.8 Å². The summed E-state index contributed by atoms with van der Waals surface area (Å²) in [7, 11) is 2.05. The monoisotopic (exact) mass is 264 g/mol. The number of aromatic nitrogens is 2. The van der Waals surface area contributed by atoms with Crippen molar-refractivity contribution in [3.05, 3.63) is 17.5 Å². The van der Waals surface area contributed by atoms with E-state index in [-0.39, 0.29) is 0 Å². The summed E-state index contributed by atoms with van der Waals surface area (Å²) >= 11 is 0. The van der Waals surface area contributed by atoms with Crippen molar-refractivity contribution in [3.8, 4) is 0 Å². The molecular formula is C15H28N4. The van der Waals surface area contributed by atoms with Gasteiger partial charge in [-0.05, 0) is 25.3 Å². The van der Waals surface area contributed by atoms with Gasteiger partial charge >= 0.3 is 0 Å². The van der Waals surface area contributed by atoms with E-state index in [1.165, 1.54) is 5.56 Å². The standard InChI is InChI=1S/C15H28N4/c1-11(2)7-16-8-14-9-17-15(18-13(14)5)19(6)10-12(3)4/h9,11-12,16H,7-8,10H2,1-6H3. The third-order valence-corrected chi connectivity index (χ3v) is 2.92. The lowest BCUT2D eigenvalue weighted by molar-refractivity contribution is 0.550. The zero-order valence-electron chi connectivity index (χ0n) is 13.2. The van der Waals surface area contributed by atoms with E-state index in [1.54, 1.807) is 0 Å². The summed E-state index contributed by atoms with van der Waals surface area (Å²) in [4.78, 5) is 11.2. The van der Waals surface area contributed by atoms with E-state index in [2.05, 4.69) is 54.8 Å². The molecule has 0 aliphatic carbocycles. The lowest BCUT2D eigenvalue weighted by Crippen LogP contribution is -2.25. The Labute approximate surface area is 117 Å². The van der Waals surface area contributed by atoms with Gasteiger partial charge in [0.05, 0.1) is 0 Å². The molecule has 0 spiro atoms. The van der Waals surface area contributed by atoms with Crippen LogP contribution in [0.4, 0.5) is 5.95 Å². The van der Waals surface area contributed by atoms with Crippen molar-refractivity contribution in [2.45, 2.75) is 41.2 Å². The Bertz CT molecular complexity index is 388. The van der Waals surface area contributed by atoms with Crippen molar-refractivity contribution in [3.63, 3.8) is 0 Å². The summed E-state index contributed by atoms with van der Waals surface area (Å²) < 4.78 is 0. The van der Waals surface area contributed by atoms with Crippen molar-refractivity contribution in [2.75, 3.05) is 25.0 Å². The minimum Gasteiger partial charge on any atom is -0.344 e. The first-order chi connectivity index (χ1) is 8.90. The molecule has 0 radical (unpaired) electrons. The van der Waals surface area contributed by atoms with E-state index in [0.717, 1.165) is 31.3 Å². The van der Waals surface area contributed by atoms with Gasteiger partial charge in [0.25, 0.3) is 0 Å². The van der Waals surface area contributed by atoms with Gasteiger partial charge in [0.15, 0.2) is 0 Å². The Hall–Kier alpha value is -1.16. The number of hydrogen-bond donors (Lipinski definition) is 1. The molecule has 0 aliphatic rings. The van der Waals surface area contributed by atoms with Gasteiger partial charge < -0.3 is 10.2 Å². The highest BCUT2D eigenvalue weighted by molar-refractivity contribution is 5.31. The highest BCUT2D eigenvalue weighted by atomic mass is 15.2. The molecule has 1 aromatic heterocycles. The average Bonchev–Trinajstić information content (AvgIpc) is 2.29. The number of rotatable bonds is 7. The average molecular weight is 264 g/mol. The minimum atomic E-state index is 0.612. The maximum Gasteiger partial charge on any atom is 0.225 e. The summed E-state index contributed by atoms with van der Waals surface area (Å²) in [6, 6.07) is 0. The van der Waals surface area contributed by atoms with Crippen LogP contribution in [-0.2, 0) is 6.54 Å². The molecule has 1 aromatic rings. The van der Waals surface area contributed by atoms with Gasteiger partial charge in [0, 0.05) is 37.6 Å². The van der Waals surface area contributed by atoms with Crippen molar-refractivity contribution in [1.82, 2.24) is 15.3 Å². The fourth-order valence-corrected chi connectivity index (χ4v) is 1.96. The van der Waals surface area contributed by atoms with Crippen LogP contribution in [0.25, 0.3) is 0 Å². The van der Waals surface area contributed by atoms with E-state index in [9.17, 15) is 0 Å². The van der Waals surface area contributed by atoms with Crippen LogP contribution in [0.3, 0.4) is 0 Å². The van der Waals surface area contributed by atoms with Crippen molar-refractivity contribution in [1.29, 1.82) is 0 Å². The molecule has 108 valence electrons. The highest BCUT2D eigenvalue weighted by Gasteiger charge is 2.09. The Kier molecular flexibility index (Phi) is 6.22. The summed E-state index contributed by atoms with van der Waals surface area (Å²) in [5.41, 5.74) is 2.25. The van der Waals surface area contributed by atoms with Crippen LogP contribution in [0.2, 0.25) is 0 Å². The van der Waals surface area contributed by atoms with Crippen LogP contribution in [0.5, 0.6) is 0 Å². The lowest BCUT2D eigenvalue weighted by Gasteiger charge is -2.20. The molecule has 0 saturated carbocycles. The van der Waals surface area contributed by atoms with E-state index in [4.69, 9.17) is 0 Å². The molecule has 0 atom stereocenters. The summed E-state index contributed by atoms with van der Waals surface area (Å²) in [5.74, 6) is 2.10. The Morgan fingerprint density at radius 2 is 1.89 bits per heavy atom. The molecular weight excluding hydrogens is 236 g/mol. The molecule has 0 aliphatic heterocycles. The van der Waals surface area contributed by atoms with Gasteiger partial charge in [-0.2, -0.15) is 0 Å². The molecule has 0 saturated heterocycles. The van der Waals surface area contributed by atoms with Crippen molar-refractivity contribution in [2.24, 2.45) is 11.8 Å². The van der Waals surface area contributed by atoms with Crippen LogP contribution >= 0.6 is 0 Å². The molecule has 1 heterocycles. The summed E-state index contributed by atoms with van der Waals surface area (Å²) in [6.45, 7) is 13.7. The second-order valence-corrected chi connectivity index (χ2v) is 6.08. The first-order valence-electron chi connectivity index (χ1n) is 7.14. The van der Waals surface area contributed by atoms with Gasteiger partial charge in [-0.1, -0.05) is 27.7 Å². The first kappa shape index (κ1) is 15.9. The largest absolute Gasteiger partial charge is 0.344 e. The van der Waals surface area contributed by atoms with Crippen molar-refractivity contribution >= 4 is 5.95 Å². The van der Waals surface area contributed by atoms with Gasteiger partial charge in [0.1, 0.15) is 0 Å². The van der Waals surface area contributed by atoms with Gasteiger partial charge in [-0.15, -0.1) is 0 Å². The zero-order valence-corrected chi connectivity index (χ0v) is 13.2. The predicted molar refractivity (Wildman–Crippen MR) is 81.4 cm³/mol. The SMILES string of the molecule is Cc1nc(N(C)CC(C)C)ncc1CNCC(C)C.